The number of hydrogen-bond donors (Lipinski definition) is 0. The molecule has 1 heterocycles. The van der Waals surface area contributed by atoms with Crippen molar-refractivity contribution in [3.8, 4) is 0 Å². The molecule has 0 fully saturated rings. The summed E-state index contributed by atoms with van der Waals surface area (Å²) in [7, 11) is 0. The fourth-order valence-electron chi connectivity index (χ4n) is 3.28. The van der Waals surface area contributed by atoms with Gasteiger partial charge in [-0.2, -0.15) is 0 Å². The largest absolute Gasteiger partial charge is 0.457 e. The first-order valence-electron chi connectivity index (χ1n) is 9.33. The maximum Gasteiger partial charge on any atom is 0.337 e. The second-order valence-corrected chi connectivity index (χ2v) is 7.84. The van der Waals surface area contributed by atoms with Gasteiger partial charge in [0.05, 0.1) is 5.57 Å². The van der Waals surface area contributed by atoms with Crippen molar-refractivity contribution < 1.29 is 9.53 Å². The molecule has 0 saturated carbocycles. The third-order valence-electron chi connectivity index (χ3n) is 4.56. The van der Waals surface area contributed by atoms with Crippen molar-refractivity contribution in [3.63, 3.8) is 0 Å². The predicted octanol–water partition coefficient (Wildman–Crippen LogP) is 5.42. The van der Waals surface area contributed by atoms with E-state index in [1.807, 2.05) is 64.1 Å². The second kappa shape index (κ2) is 7.83. The third-order valence-corrected chi connectivity index (χ3v) is 4.56. The maximum atomic E-state index is 13.1. The lowest BCUT2D eigenvalue weighted by Gasteiger charge is -2.32. The highest BCUT2D eigenvalue weighted by molar-refractivity contribution is 5.92. The van der Waals surface area contributed by atoms with Crippen molar-refractivity contribution in [2.24, 2.45) is 0 Å². The normalized spacial score (nSPS) is 17.2. The number of benzene rings is 2. The zero-order chi connectivity index (χ0) is 19.4. The Morgan fingerprint density at radius 3 is 2.19 bits per heavy atom. The number of esters is 1. The summed E-state index contributed by atoms with van der Waals surface area (Å²) in [6.07, 6.45) is 4.17. The number of ether oxygens (including phenoxy) is 1. The van der Waals surface area contributed by atoms with E-state index in [2.05, 4.69) is 41.4 Å². The fraction of sp³-hybridized carbons (Fsp3) is 0.292. The molecule has 0 saturated heterocycles. The molecule has 140 valence electrons. The number of hydrogen-bond acceptors (Lipinski definition) is 3. The van der Waals surface area contributed by atoms with Crippen molar-refractivity contribution in [1.29, 1.82) is 0 Å². The molecule has 1 aliphatic rings. The molecular formula is C24H27NO2. The van der Waals surface area contributed by atoms with Gasteiger partial charge in [0.25, 0.3) is 0 Å². The Labute approximate surface area is 162 Å². The fourth-order valence-corrected chi connectivity index (χ4v) is 3.28. The van der Waals surface area contributed by atoms with Crippen LogP contribution in [0.4, 0.5) is 0 Å². The quantitative estimate of drug-likeness (QED) is 0.682. The van der Waals surface area contributed by atoms with E-state index in [4.69, 9.17) is 4.74 Å². The number of carbonyl (C=O) groups excluding carboxylic acids is 1. The van der Waals surface area contributed by atoms with Crippen LogP contribution in [0.25, 0.3) is 0 Å². The highest BCUT2D eigenvalue weighted by atomic mass is 16.6. The van der Waals surface area contributed by atoms with Crippen LogP contribution in [0.15, 0.2) is 84.2 Å². The molecule has 2 aromatic carbocycles. The zero-order valence-electron chi connectivity index (χ0n) is 16.5. The molecule has 3 nitrogen and oxygen atoms in total. The minimum Gasteiger partial charge on any atom is -0.457 e. The van der Waals surface area contributed by atoms with Crippen molar-refractivity contribution in [1.82, 2.24) is 4.90 Å². The third kappa shape index (κ3) is 4.68. The van der Waals surface area contributed by atoms with Crippen LogP contribution in [0.3, 0.4) is 0 Å². The van der Waals surface area contributed by atoms with E-state index >= 15 is 0 Å². The van der Waals surface area contributed by atoms with Gasteiger partial charge in [-0.15, -0.1) is 0 Å². The predicted molar refractivity (Wildman–Crippen MR) is 109 cm³/mol. The van der Waals surface area contributed by atoms with Crippen LogP contribution in [0, 0.1) is 0 Å². The molecule has 0 spiro atoms. The monoisotopic (exact) mass is 361 g/mol. The molecule has 0 bridgehead atoms. The first kappa shape index (κ1) is 19.0. The van der Waals surface area contributed by atoms with Crippen LogP contribution < -0.4 is 0 Å². The molecule has 1 unspecified atom stereocenters. The van der Waals surface area contributed by atoms with Crippen LogP contribution in [0.1, 0.15) is 44.7 Å². The average Bonchev–Trinajstić information content (AvgIpc) is 2.63. The molecule has 0 radical (unpaired) electrons. The molecule has 3 rings (SSSR count). The van der Waals surface area contributed by atoms with Crippen LogP contribution in [0.2, 0.25) is 0 Å². The molecule has 0 aromatic heterocycles. The van der Waals surface area contributed by atoms with E-state index in [0.29, 0.717) is 5.57 Å². The Morgan fingerprint density at radius 2 is 1.59 bits per heavy atom. The van der Waals surface area contributed by atoms with Crippen LogP contribution in [-0.2, 0) is 16.1 Å². The first-order valence-corrected chi connectivity index (χ1v) is 9.33. The summed E-state index contributed by atoms with van der Waals surface area (Å²) in [5.41, 5.74) is 3.40. The topological polar surface area (TPSA) is 29.5 Å². The first-order chi connectivity index (χ1) is 12.8. The summed E-state index contributed by atoms with van der Waals surface area (Å²) in [6, 6.07) is 20.4. The molecule has 0 N–H and O–H groups in total. The van der Waals surface area contributed by atoms with Gasteiger partial charge in [0.2, 0.25) is 0 Å². The summed E-state index contributed by atoms with van der Waals surface area (Å²) in [6.45, 7) is 8.43. The lowest BCUT2D eigenvalue weighted by molar-refractivity contribution is -0.150. The Balaban J connectivity index is 1.97. The van der Waals surface area contributed by atoms with Gasteiger partial charge in [-0.25, -0.2) is 4.79 Å². The van der Waals surface area contributed by atoms with E-state index in [-0.39, 0.29) is 11.9 Å². The minimum atomic E-state index is -0.531. The summed E-state index contributed by atoms with van der Waals surface area (Å²) in [4.78, 5) is 15.2. The Hall–Kier alpha value is -2.81. The highest BCUT2D eigenvalue weighted by Crippen LogP contribution is 2.35. The Morgan fingerprint density at radius 1 is 1.00 bits per heavy atom. The van der Waals surface area contributed by atoms with Crippen molar-refractivity contribution in [2.45, 2.75) is 45.8 Å². The van der Waals surface area contributed by atoms with Gasteiger partial charge < -0.3 is 9.64 Å². The van der Waals surface area contributed by atoms with Crippen molar-refractivity contribution in [2.75, 3.05) is 0 Å². The zero-order valence-corrected chi connectivity index (χ0v) is 16.5. The minimum absolute atomic E-state index is 0.104. The standard InChI is InChI=1S/C24H27NO2/c1-18-22(23(26)27-24(2,3)4)21(20-13-9-6-10-14-20)15-16-25(18)17-19-11-7-5-8-12-19/h5-16,21H,17H2,1-4H3. The van der Waals surface area contributed by atoms with Gasteiger partial charge in [-0.05, 0) is 38.8 Å². The van der Waals surface area contributed by atoms with Crippen LogP contribution in [0.5, 0.6) is 0 Å². The highest BCUT2D eigenvalue weighted by Gasteiger charge is 2.31. The molecular weight excluding hydrogens is 334 g/mol. The van der Waals surface area contributed by atoms with Crippen LogP contribution >= 0.6 is 0 Å². The lowest BCUT2D eigenvalue weighted by atomic mass is 9.87. The van der Waals surface area contributed by atoms with Gasteiger partial charge in [-0.1, -0.05) is 66.7 Å². The lowest BCUT2D eigenvalue weighted by Crippen LogP contribution is -2.31. The van der Waals surface area contributed by atoms with Crippen LogP contribution in [-0.4, -0.2) is 16.5 Å². The number of allylic oxidation sites excluding steroid dienone is 2. The van der Waals surface area contributed by atoms with Crippen molar-refractivity contribution in [3.05, 3.63) is 95.3 Å². The summed E-state index contributed by atoms with van der Waals surface area (Å²) in [5.74, 6) is -0.357. The molecule has 3 heteroatoms. The van der Waals surface area contributed by atoms with E-state index in [1.54, 1.807) is 0 Å². The van der Waals surface area contributed by atoms with Crippen molar-refractivity contribution >= 4 is 5.97 Å². The maximum absolute atomic E-state index is 13.1. The average molecular weight is 361 g/mol. The van der Waals surface area contributed by atoms with Gasteiger partial charge >= 0.3 is 5.97 Å². The summed E-state index contributed by atoms with van der Waals surface area (Å²) in [5, 5.41) is 0. The number of carbonyl (C=O) groups is 1. The number of rotatable bonds is 4. The number of nitrogens with zero attached hydrogens (tertiary/aromatic N) is 1. The van der Waals surface area contributed by atoms with Gasteiger partial charge in [0, 0.05) is 24.4 Å². The molecule has 1 aliphatic heterocycles. The van der Waals surface area contributed by atoms with E-state index in [0.717, 1.165) is 17.8 Å². The van der Waals surface area contributed by atoms with E-state index in [9.17, 15) is 4.79 Å². The molecule has 27 heavy (non-hydrogen) atoms. The smallest absolute Gasteiger partial charge is 0.337 e. The molecule has 1 atom stereocenters. The van der Waals surface area contributed by atoms with Gasteiger partial charge in [0.1, 0.15) is 5.60 Å². The molecule has 0 amide bonds. The van der Waals surface area contributed by atoms with E-state index in [1.165, 1.54) is 5.56 Å². The summed E-state index contributed by atoms with van der Waals surface area (Å²) >= 11 is 0. The molecule has 2 aromatic rings. The summed E-state index contributed by atoms with van der Waals surface area (Å²) < 4.78 is 5.74. The van der Waals surface area contributed by atoms with Gasteiger partial charge in [-0.3, -0.25) is 0 Å². The second-order valence-electron chi connectivity index (χ2n) is 7.84. The van der Waals surface area contributed by atoms with E-state index < -0.39 is 5.60 Å². The SMILES string of the molecule is CC1=C(C(=O)OC(C)(C)C)C(c2ccccc2)C=CN1Cc1ccccc1. The Kier molecular flexibility index (Phi) is 5.50. The Bertz CT molecular complexity index is 845. The molecule has 0 aliphatic carbocycles. The van der Waals surface area contributed by atoms with Gasteiger partial charge in [0.15, 0.2) is 0 Å².